The minimum atomic E-state index is -0.635. The van der Waals surface area contributed by atoms with Gasteiger partial charge in [0.05, 0.1) is 26.0 Å². The lowest BCUT2D eigenvalue weighted by atomic mass is 10.2. The largest absolute Gasteiger partial charge is 0.495 e. The molecule has 0 fully saturated rings. The van der Waals surface area contributed by atoms with E-state index in [-0.39, 0.29) is 11.3 Å². The molecule has 0 amide bonds. The average Bonchev–Trinajstić information content (AvgIpc) is 2.27. The number of aromatic nitrogens is 1. The Hall–Kier alpha value is -2.09. The third kappa shape index (κ3) is 1.80. The van der Waals surface area contributed by atoms with Gasteiger partial charge in [-0.25, -0.2) is 9.78 Å². The summed E-state index contributed by atoms with van der Waals surface area (Å²) in [5, 5.41) is 8.73. The lowest BCUT2D eigenvalue weighted by Crippen LogP contribution is -2.07. The van der Waals surface area contributed by atoms with Crippen LogP contribution in [0.4, 0.5) is 0 Å². The molecule has 72 valence electrons. The van der Waals surface area contributed by atoms with Crippen molar-refractivity contribution in [3.8, 4) is 11.8 Å². The highest BCUT2D eigenvalue weighted by Gasteiger charge is 2.14. The van der Waals surface area contributed by atoms with E-state index in [4.69, 9.17) is 10.00 Å². The predicted octanol–water partition coefficient (Wildman–Crippen LogP) is 0.748. The molecule has 1 rings (SSSR count). The van der Waals surface area contributed by atoms with Crippen LogP contribution in [0.1, 0.15) is 16.1 Å². The molecule has 5 heteroatoms. The summed E-state index contributed by atoms with van der Waals surface area (Å²) in [5.74, 6) is -0.210. The van der Waals surface area contributed by atoms with Crippen LogP contribution < -0.4 is 4.74 Å². The van der Waals surface area contributed by atoms with Crippen molar-refractivity contribution in [2.24, 2.45) is 0 Å². The minimum absolute atomic E-state index is 0.00389. The van der Waals surface area contributed by atoms with Gasteiger partial charge in [0, 0.05) is 6.07 Å². The lowest BCUT2D eigenvalue weighted by molar-refractivity contribution is 0.0593. The number of methoxy groups -OCH3 is 2. The van der Waals surface area contributed by atoms with Gasteiger partial charge in [-0.1, -0.05) is 0 Å². The fourth-order valence-corrected chi connectivity index (χ4v) is 0.902. The topological polar surface area (TPSA) is 72.2 Å². The Morgan fingerprint density at radius 2 is 2.29 bits per heavy atom. The van der Waals surface area contributed by atoms with E-state index in [9.17, 15) is 4.79 Å². The standard InChI is InChI=1S/C9H8N2O3/c1-13-7-3-6(4-10)8(11-5-7)9(12)14-2/h3,5H,1-2H3. The Balaban J connectivity index is 3.20. The fraction of sp³-hybridized carbons (Fsp3) is 0.222. The number of nitrogens with zero attached hydrogens (tertiary/aromatic N) is 2. The van der Waals surface area contributed by atoms with Gasteiger partial charge in [-0.2, -0.15) is 5.26 Å². The number of ether oxygens (including phenoxy) is 2. The lowest BCUT2D eigenvalue weighted by Gasteiger charge is -2.02. The molecule has 14 heavy (non-hydrogen) atoms. The van der Waals surface area contributed by atoms with E-state index in [0.717, 1.165) is 0 Å². The van der Waals surface area contributed by atoms with E-state index in [2.05, 4.69) is 9.72 Å². The van der Waals surface area contributed by atoms with Crippen molar-refractivity contribution in [1.29, 1.82) is 5.26 Å². The Labute approximate surface area is 80.9 Å². The number of esters is 1. The second-order valence-corrected chi connectivity index (χ2v) is 2.37. The molecular weight excluding hydrogens is 184 g/mol. The van der Waals surface area contributed by atoms with Gasteiger partial charge in [-0.15, -0.1) is 0 Å². The highest BCUT2D eigenvalue weighted by molar-refractivity contribution is 5.90. The number of pyridine rings is 1. The normalized spacial score (nSPS) is 8.93. The number of carbonyl (C=O) groups is 1. The first-order valence-electron chi connectivity index (χ1n) is 3.75. The Morgan fingerprint density at radius 1 is 1.57 bits per heavy atom. The van der Waals surface area contributed by atoms with Gasteiger partial charge in [0.1, 0.15) is 11.8 Å². The Kier molecular flexibility index (Phi) is 3.02. The molecule has 0 aliphatic rings. The number of hydrogen-bond donors (Lipinski definition) is 0. The van der Waals surface area contributed by atoms with Crippen molar-refractivity contribution in [2.45, 2.75) is 0 Å². The molecule has 0 unspecified atom stereocenters. The molecule has 1 aromatic rings. The zero-order valence-electron chi connectivity index (χ0n) is 7.77. The smallest absolute Gasteiger partial charge is 0.358 e. The van der Waals surface area contributed by atoms with Crippen molar-refractivity contribution in [2.75, 3.05) is 14.2 Å². The van der Waals surface area contributed by atoms with Crippen molar-refractivity contribution < 1.29 is 14.3 Å². The predicted molar refractivity (Wildman–Crippen MR) is 46.8 cm³/mol. The van der Waals surface area contributed by atoms with E-state index < -0.39 is 5.97 Å². The van der Waals surface area contributed by atoms with Crippen LogP contribution >= 0.6 is 0 Å². The van der Waals surface area contributed by atoms with E-state index in [1.165, 1.54) is 26.5 Å². The van der Waals surface area contributed by atoms with Crippen LogP contribution in [0.3, 0.4) is 0 Å². The molecule has 0 spiro atoms. The highest BCUT2D eigenvalue weighted by atomic mass is 16.5. The first kappa shape index (κ1) is 9.99. The summed E-state index contributed by atoms with van der Waals surface area (Å²) in [7, 11) is 2.69. The van der Waals surface area contributed by atoms with Gasteiger partial charge in [0.25, 0.3) is 0 Å². The van der Waals surface area contributed by atoms with Crippen LogP contribution in [0.15, 0.2) is 12.3 Å². The Morgan fingerprint density at radius 3 is 2.79 bits per heavy atom. The van der Waals surface area contributed by atoms with E-state index >= 15 is 0 Å². The molecule has 0 atom stereocenters. The molecule has 0 saturated carbocycles. The SMILES string of the molecule is COC(=O)c1ncc(OC)cc1C#N. The van der Waals surface area contributed by atoms with Gasteiger partial charge in [0.15, 0.2) is 5.69 Å². The molecule has 5 nitrogen and oxygen atoms in total. The number of carbonyl (C=O) groups excluding carboxylic acids is 1. The number of nitriles is 1. The molecule has 0 bridgehead atoms. The first-order chi connectivity index (χ1) is 6.72. The number of rotatable bonds is 2. The monoisotopic (exact) mass is 192 g/mol. The van der Waals surface area contributed by atoms with Gasteiger partial charge in [-0.05, 0) is 0 Å². The molecule has 0 aliphatic heterocycles. The quantitative estimate of drug-likeness (QED) is 0.646. The van der Waals surface area contributed by atoms with Crippen LogP contribution in [0.25, 0.3) is 0 Å². The molecule has 0 N–H and O–H groups in total. The molecule has 1 aromatic heterocycles. The third-order valence-electron chi connectivity index (χ3n) is 1.60. The summed E-state index contributed by atoms with van der Waals surface area (Å²) in [4.78, 5) is 14.9. The zero-order chi connectivity index (χ0) is 10.6. The zero-order valence-corrected chi connectivity index (χ0v) is 7.77. The van der Waals surface area contributed by atoms with Crippen LogP contribution in [-0.4, -0.2) is 25.2 Å². The van der Waals surface area contributed by atoms with Crippen LogP contribution in [0.5, 0.6) is 5.75 Å². The van der Waals surface area contributed by atoms with E-state index in [1.807, 2.05) is 6.07 Å². The maximum absolute atomic E-state index is 11.1. The van der Waals surface area contributed by atoms with Crippen molar-refractivity contribution in [3.63, 3.8) is 0 Å². The minimum Gasteiger partial charge on any atom is -0.495 e. The highest BCUT2D eigenvalue weighted by Crippen LogP contribution is 2.14. The van der Waals surface area contributed by atoms with Gasteiger partial charge >= 0.3 is 5.97 Å². The summed E-state index contributed by atoms with van der Waals surface area (Å²) >= 11 is 0. The maximum atomic E-state index is 11.1. The summed E-state index contributed by atoms with van der Waals surface area (Å²) in [6.45, 7) is 0. The van der Waals surface area contributed by atoms with E-state index in [1.54, 1.807) is 0 Å². The fourth-order valence-electron chi connectivity index (χ4n) is 0.902. The maximum Gasteiger partial charge on any atom is 0.358 e. The van der Waals surface area contributed by atoms with Gasteiger partial charge in [0.2, 0.25) is 0 Å². The van der Waals surface area contributed by atoms with E-state index in [0.29, 0.717) is 5.75 Å². The number of hydrogen-bond acceptors (Lipinski definition) is 5. The van der Waals surface area contributed by atoms with Crippen molar-refractivity contribution >= 4 is 5.97 Å². The van der Waals surface area contributed by atoms with Crippen LogP contribution in [-0.2, 0) is 4.74 Å². The summed E-state index contributed by atoms with van der Waals surface area (Å²) < 4.78 is 9.32. The summed E-state index contributed by atoms with van der Waals surface area (Å²) in [6.07, 6.45) is 1.35. The Bertz CT molecular complexity index is 396. The van der Waals surface area contributed by atoms with Crippen molar-refractivity contribution in [1.82, 2.24) is 4.98 Å². The molecule has 1 heterocycles. The molecule has 0 radical (unpaired) electrons. The second kappa shape index (κ2) is 4.23. The van der Waals surface area contributed by atoms with Gasteiger partial charge in [-0.3, -0.25) is 0 Å². The molecule has 0 saturated heterocycles. The van der Waals surface area contributed by atoms with Gasteiger partial charge < -0.3 is 9.47 Å². The summed E-state index contributed by atoms with van der Waals surface area (Å²) in [5.41, 5.74) is 0.131. The molecule has 0 aromatic carbocycles. The van der Waals surface area contributed by atoms with Crippen LogP contribution in [0.2, 0.25) is 0 Å². The first-order valence-corrected chi connectivity index (χ1v) is 3.75. The second-order valence-electron chi connectivity index (χ2n) is 2.37. The third-order valence-corrected chi connectivity index (χ3v) is 1.60. The average molecular weight is 192 g/mol. The van der Waals surface area contributed by atoms with Crippen LogP contribution in [0, 0.1) is 11.3 Å². The summed E-state index contributed by atoms with van der Waals surface area (Å²) in [6, 6.07) is 3.27. The molecular formula is C9H8N2O3. The molecule has 0 aliphatic carbocycles. The van der Waals surface area contributed by atoms with Crippen molar-refractivity contribution in [3.05, 3.63) is 23.5 Å².